The van der Waals surface area contributed by atoms with E-state index in [0.717, 1.165) is 12.6 Å². The number of carboxylic acids is 1. The number of aryl methyl sites for hydroxylation is 2. The number of halogens is 1. The fraction of sp³-hybridized carbons (Fsp3) is 0.167. The lowest BCUT2D eigenvalue weighted by atomic mass is 10.1. The molecular formula is C18H21FN2O2. The Bertz CT molecular complexity index is 699. The topological polar surface area (TPSA) is 75.3 Å². The van der Waals surface area contributed by atoms with Crippen LogP contribution in [0, 0.1) is 19.7 Å². The highest BCUT2D eigenvalue weighted by Crippen LogP contribution is 2.09. The highest BCUT2D eigenvalue weighted by molar-refractivity contribution is 5.89. The Morgan fingerprint density at radius 1 is 1.22 bits per heavy atom. The van der Waals surface area contributed by atoms with E-state index in [1.807, 2.05) is 12.1 Å². The van der Waals surface area contributed by atoms with Gasteiger partial charge >= 0.3 is 5.97 Å². The lowest BCUT2D eigenvalue weighted by molar-refractivity contribution is 0.0695. The van der Waals surface area contributed by atoms with Gasteiger partial charge in [0.25, 0.3) is 0 Å². The smallest absolute Gasteiger partial charge is 0.336 e. The minimum absolute atomic E-state index is 0.0185. The molecule has 5 heteroatoms. The van der Waals surface area contributed by atoms with Crippen molar-refractivity contribution >= 4 is 5.97 Å². The Kier molecular flexibility index (Phi) is 6.80. The summed E-state index contributed by atoms with van der Waals surface area (Å²) in [5.74, 6) is -1.10. The molecule has 0 aromatic heterocycles. The van der Waals surface area contributed by atoms with Crippen LogP contribution in [-0.4, -0.2) is 11.1 Å². The molecular weight excluding hydrogens is 295 g/mol. The third kappa shape index (κ3) is 6.22. The first-order valence-corrected chi connectivity index (χ1v) is 7.03. The van der Waals surface area contributed by atoms with Crippen LogP contribution in [0.1, 0.15) is 27.0 Å². The zero-order valence-electron chi connectivity index (χ0n) is 13.3. The van der Waals surface area contributed by atoms with Crippen LogP contribution in [-0.2, 0) is 6.54 Å². The molecule has 0 amide bonds. The van der Waals surface area contributed by atoms with Crippen molar-refractivity contribution in [3.05, 3.63) is 82.9 Å². The average molecular weight is 316 g/mol. The first kappa shape index (κ1) is 18.2. The van der Waals surface area contributed by atoms with Crippen LogP contribution in [0.3, 0.4) is 0 Å². The molecule has 0 fully saturated rings. The van der Waals surface area contributed by atoms with Crippen LogP contribution in [0.4, 0.5) is 4.39 Å². The van der Waals surface area contributed by atoms with E-state index in [-0.39, 0.29) is 5.56 Å². The first-order valence-electron chi connectivity index (χ1n) is 7.03. The Morgan fingerprint density at radius 3 is 2.39 bits per heavy atom. The summed E-state index contributed by atoms with van der Waals surface area (Å²) in [7, 11) is 0. The Labute approximate surface area is 135 Å². The summed E-state index contributed by atoms with van der Waals surface area (Å²) in [4.78, 5) is 10.4. The number of hydrogen-bond donors (Lipinski definition) is 3. The molecule has 0 bridgehead atoms. The molecule has 4 nitrogen and oxygen atoms in total. The monoisotopic (exact) mass is 316 g/mol. The molecule has 0 aliphatic heterocycles. The molecule has 2 rings (SSSR count). The van der Waals surface area contributed by atoms with Gasteiger partial charge in [0.05, 0.1) is 11.4 Å². The minimum atomic E-state index is -1.10. The zero-order chi connectivity index (χ0) is 17.4. The number of carbonyl (C=O) groups is 1. The quantitative estimate of drug-likeness (QED) is 0.808. The van der Waals surface area contributed by atoms with Gasteiger partial charge in [0.2, 0.25) is 0 Å². The summed E-state index contributed by atoms with van der Waals surface area (Å²) < 4.78 is 12.4. The lowest BCUT2D eigenvalue weighted by Gasteiger charge is -2.07. The molecule has 0 saturated carbocycles. The highest BCUT2D eigenvalue weighted by atomic mass is 19.1. The van der Waals surface area contributed by atoms with Crippen molar-refractivity contribution in [3.63, 3.8) is 0 Å². The molecule has 0 unspecified atom stereocenters. The molecule has 0 aliphatic rings. The van der Waals surface area contributed by atoms with Crippen LogP contribution >= 0.6 is 0 Å². The first-order chi connectivity index (χ1) is 10.8. The van der Waals surface area contributed by atoms with E-state index < -0.39 is 11.8 Å². The number of nitrogens with one attached hydrogen (secondary N) is 1. The van der Waals surface area contributed by atoms with Gasteiger partial charge in [-0.1, -0.05) is 36.9 Å². The van der Waals surface area contributed by atoms with Crippen LogP contribution in [0.2, 0.25) is 0 Å². The zero-order valence-corrected chi connectivity index (χ0v) is 13.3. The van der Waals surface area contributed by atoms with Gasteiger partial charge in [0, 0.05) is 6.54 Å². The van der Waals surface area contributed by atoms with Gasteiger partial charge in [-0.2, -0.15) is 0 Å². The molecule has 2 aromatic carbocycles. The predicted molar refractivity (Wildman–Crippen MR) is 89.4 cm³/mol. The number of aromatic carboxylic acids is 1. The normalized spacial score (nSPS) is 9.52. The molecule has 0 atom stereocenters. The molecule has 0 radical (unpaired) electrons. The Balaban J connectivity index is 0.000000231. The van der Waals surface area contributed by atoms with Crippen molar-refractivity contribution in [2.45, 2.75) is 20.4 Å². The largest absolute Gasteiger partial charge is 0.478 e. The third-order valence-corrected chi connectivity index (χ3v) is 3.20. The van der Waals surface area contributed by atoms with Crippen molar-refractivity contribution in [1.82, 2.24) is 5.32 Å². The molecule has 23 heavy (non-hydrogen) atoms. The van der Waals surface area contributed by atoms with Crippen molar-refractivity contribution in [2.24, 2.45) is 5.73 Å². The molecule has 0 aliphatic carbocycles. The second-order valence-corrected chi connectivity index (χ2v) is 5.07. The van der Waals surface area contributed by atoms with E-state index in [1.54, 1.807) is 6.92 Å². The summed E-state index contributed by atoms with van der Waals surface area (Å²) in [6.45, 7) is 8.03. The van der Waals surface area contributed by atoms with E-state index in [0.29, 0.717) is 11.4 Å². The number of rotatable bonds is 4. The van der Waals surface area contributed by atoms with Crippen LogP contribution in [0.15, 0.2) is 54.9 Å². The van der Waals surface area contributed by atoms with Crippen molar-refractivity contribution in [1.29, 1.82) is 0 Å². The van der Waals surface area contributed by atoms with Gasteiger partial charge in [-0.05, 0) is 42.7 Å². The summed E-state index contributed by atoms with van der Waals surface area (Å²) in [5.41, 5.74) is 8.50. The standard InChI is InChI=1S/C10H14N2.C8H7FO2/c1-8-5-3-4-6-10(8)7-12-9(2)11;1-5-2-3-6(9)4-7(5)8(10)11/h3-6,12H,2,7,11H2,1H3;2-4H,1H3,(H,10,11). The molecule has 0 spiro atoms. The second kappa shape index (κ2) is 8.58. The Morgan fingerprint density at radius 2 is 1.87 bits per heavy atom. The third-order valence-electron chi connectivity index (χ3n) is 3.20. The van der Waals surface area contributed by atoms with Gasteiger partial charge in [0.15, 0.2) is 0 Å². The van der Waals surface area contributed by atoms with Gasteiger partial charge in [-0.3, -0.25) is 0 Å². The lowest BCUT2D eigenvalue weighted by Crippen LogP contribution is -2.18. The van der Waals surface area contributed by atoms with Crippen molar-refractivity contribution in [3.8, 4) is 0 Å². The van der Waals surface area contributed by atoms with Gasteiger partial charge in [-0.25, -0.2) is 9.18 Å². The summed E-state index contributed by atoms with van der Waals surface area (Å²) in [6, 6.07) is 11.9. The van der Waals surface area contributed by atoms with Crippen LogP contribution in [0.25, 0.3) is 0 Å². The minimum Gasteiger partial charge on any atom is -0.478 e. The van der Waals surface area contributed by atoms with Gasteiger partial charge in [0.1, 0.15) is 5.82 Å². The summed E-state index contributed by atoms with van der Waals surface area (Å²) in [6.07, 6.45) is 0. The van der Waals surface area contributed by atoms with E-state index >= 15 is 0 Å². The number of nitrogens with two attached hydrogens (primary N) is 1. The second-order valence-electron chi connectivity index (χ2n) is 5.07. The van der Waals surface area contributed by atoms with E-state index in [2.05, 4.69) is 31.0 Å². The van der Waals surface area contributed by atoms with Crippen molar-refractivity contribution < 1.29 is 14.3 Å². The maximum atomic E-state index is 12.4. The SMILES string of the molecule is C=C(N)NCc1ccccc1C.Cc1ccc(F)cc1C(=O)O. The fourth-order valence-electron chi connectivity index (χ4n) is 1.84. The maximum Gasteiger partial charge on any atom is 0.336 e. The summed E-state index contributed by atoms with van der Waals surface area (Å²) in [5, 5.41) is 11.5. The average Bonchev–Trinajstić information content (AvgIpc) is 2.49. The van der Waals surface area contributed by atoms with E-state index in [1.165, 1.54) is 23.3 Å². The molecule has 0 saturated heterocycles. The fourth-order valence-corrected chi connectivity index (χ4v) is 1.84. The van der Waals surface area contributed by atoms with Crippen LogP contribution < -0.4 is 11.1 Å². The van der Waals surface area contributed by atoms with E-state index in [4.69, 9.17) is 10.8 Å². The molecule has 2 aromatic rings. The number of benzene rings is 2. The number of carboxylic acid groups (broad SMARTS) is 1. The predicted octanol–water partition coefficient (Wildman–Crippen LogP) is 3.35. The molecule has 0 heterocycles. The van der Waals surface area contributed by atoms with Crippen molar-refractivity contribution in [2.75, 3.05) is 0 Å². The summed E-state index contributed by atoms with van der Waals surface area (Å²) >= 11 is 0. The highest BCUT2D eigenvalue weighted by Gasteiger charge is 2.06. The maximum absolute atomic E-state index is 12.4. The van der Waals surface area contributed by atoms with Gasteiger partial charge < -0.3 is 16.2 Å². The number of hydrogen-bond acceptors (Lipinski definition) is 3. The van der Waals surface area contributed by atoms with E-state index in [9.17, 15) is 9.18 Å². The van der Waals surface area contributed by atoms with Crippen LogP contribution in [0.5, 0.6) is 0 Å². The Hall–Kier alpha value is -2.82. The van der Waals surface area contributed by atoms with Gasteiger partial charge in [-0.15, -0.1) is 0 Å². The molecule has 4 N–H and O–H groups in total. The molecule has 122 valence electrons.